The molecule has 0 aliphatic rings. The number of hydrogen-bond donors (Lipinski definition) is 0. The molecular formula is C22H17N3. The van der Waals surface area contributed by atoms with Crippen LogP contribution in [0.25, 0.3) is 16.9 Å². The highest BCUT2D eigenvalue weighted by Gasteiger charge is 2.14. The number of nitrogens with zero attached hydrogens (tertiary/aromatic N) is 3. The van der Waals surface area contributed by atoms with Crippen molar-refractivity contribution in [3.05, 3.63) is 90.0 Å². The Bertz CT molecular complexity index is 1070. The molecule has 0 saturated heterocycles. The van der Waals surface area contributed by atoms with E-state index in [1.165, 1.54) is 0 Å². The molecule has 0 amide bonds. The smallest absolute Gasteiger partial charge is 0.138 e. The third-order valence-corrected chi connectivity index (χ3v) is 4.11. The Labute approximate surface area is 147 Å². The highest BCUT2D eigenvalue weighted by Crippen LogP contribution is 2.26. The van der Waals surface area contributed by atoms with Gasteiger partial charge in [0.25, 0.3) is 0 Å². The molecule has 0 spiro atoms. The third-order valence-electron chi connectivity index (χ3n) is 4.11. The first-order chi connectivity index (χ1) is 12.4. The fraction of sp³-hybridized carbons (Fsp3) is 0.0909. The van der Waals surface area contributed by atoms with Crippen LogP contribution in [-0.2, 0) is 6.42 Å². The highest BCUT2D eigenvalue weighted by molar-refractivity contribution is 5.69. The summed E-state index contributed by atoms with van der Waals surface area (Å²) in [4.78, 5) is 8.84. The zero-order valence-corrected chi connectivity index (χ0v) is 14.0. The van der Waals surface area contributed by atoms with Gasteiger partial charge in [0.15, 0.2) is 0 Å². The van der Waals surface area contributed by atoms with Crippen LogP contribution in [-0.4, -0.2) is 14.4 Å². The molecule has 0 unspecified atom stereocenters. The predicted octanol–water partition coefficient (Wildman–Crippen LogP) is 4.36. The Morgan fingerprint density at radius 2 is 1.68 bits per heavy atom. The minimum atomic E-state index is 0.878. The van der Waals surface area contributed by atoms with E-state index in [0.29, 0.717) is 0 Å². The first kappa shape index (κ1) is 15.2. The fourth-order valence-electron chi connectivity index (χ4n) is 2.95. The minimum absolute atomic E-state index is 0.878. The van der Waals surface area contributed by atoms with Crippen molar-refractivity contribution < 1.29 is 0 Å². The van der Waals surface area contributed by atoms with Crippen LogP contribution < -0.4 is 0 Å². The van der Waals surface area contributed by atoms with Crippen LogP contribution in [0.3, 0.4) is 0 Å². The number of aromatic nitrogens is 3. The predicted molar refractivity (Wildman–Crippen MR) is 100 cm³/mol. The van der Waals surface area contributed by atoms with Gasteiger partial charge in [0.05, 0.1) is 17.1 Å². The molecule has 3 aromatic heterocycles. The van der Waals surface area contributed by atoms with Crippen molar-refractivity contribution in [1.29, 1.82) is 0 Å². The Hall–Kier alpha value is -3.38. The standard InChI is InChI=1S/C22H17N3/c1-2-20-22(18-7-4-3-5-8-18)25-19(9-6-10-21(25)24-20)12-11-17-13-15-23-16-14-17/h3-10,13-16H,2H2,1H3. The van der Waals surface area contributed by atoms with Gasteiger partial charge in [0, 0.05) is 23.5 Å². The SMILES string of the molecule is CCc1nc2cccc(C#Cc3ccncc3)n2c1-c1ccccc1. The summed E-state index contributed by atoms with van der Waals surface area (Å²) >= 11 is 0. The van der Waals surface area contributed by atoms with E-state index in [9.17, 15) is 0 Å². The lowest BCUT2D eigenvalue weighted by Crippen LogP contribution is -1.96. The number of pyridine rings is 2. The maximum atomic E-state index is 4.81. The summed E-state index contributed by atoms with van der Waals surface area (Å²) in [5.41, 5.74) is 6.17. The van der Waals surface area contributed by atoms with E-state index >= 15 is 0 Å². The van der Waals surface area contributed by atoms with E-state index in [4.69, 9.17) is 4.98 Å². The maximum Gasteiger partial charge on any atom is 0.138 e. The van der Waals surface area contributed by atoms with Crippen molar-refractivity contribution in [2.45, 2.75) is 13.3 Å². The maximum absolute atomic E-state index is 4.81. The Morgan fingerprint density at radius 1 is 0.880 bits per heavy atom. The summed E-state index contributed by atoms with van der Waals surface area (Å²) in [5.74, 6) is 6.52. The van der Waals surface area contributed by atoms with E-state index in [0.717, 1.165) is 40.3 Å². The molecule has 4 aromatic rings. The first-order valence-electron chi connectivity index (χ1n) is 8.34. The topological polar surface area (TPSA) is 30.2 Å². The van der Waals surface area contributed by atoms with Crippen molar-refractivity contribution in [1.82, 2.24) is 14.4 Å². The van der Waals surface area contributed by atoms with Gasteiger partial charge >= 0.3 is 0 Å². The van der Waals surface area contributed by atoms with Crippen LogP contribution in [0.1, 0.15) is 23.9 Å². The quantitative estimate of drug-likeness (QED) is 0.513. The van der Waals surface area contributed by atoms with Gasteiger partial charge in [0.1, 0.15) is 5.65 Å². The molecular weight excluding hydrogens is 306 g/mol. The second-order valence-corrected chi connectivity index (χ2v) is 5.72. The number of imidazole rings is 1. The largest absolute Gasteiger partial charge is 0.285 e. The number of benzene rings is 1. The molecule has 1 aromatic carbocycles. The van der Waals surface area contributed by atoms with Crippen LogP contribution in [0.15, 0.2) is 73.1 Å². The molecule has 3 heterocycles. The molecule has 0 saturated carbocycles. The molecule has 120 valence electrons. The molecule has 25 heavy (non-hydrogen) atoms. The minimum Gasteiger partial charge on any atom is -0.285 e. The summed E-state index contributed by atoms with van der Waals surface area (Å²) in [5, 5.41) is 0. The molecule has 0 aliphatic carbocycles. The van der Waals surface area contributed by atoms with Crippen LogP contribution in [0, 0.1) is 11.8 Å². The van der Waals surface area contributed by atoms with Gasteiger partial charge < -0.3 is 0 Å². The van der Waals surface area contributed by atoms with E-state index in [-0.39, 0.29) is 0 Å². The Kier molecular flexibility index (Phi) is 4.02. The van der Waals surface area contributed by atoms with E-state index in [1.54, 1.807) is 12.4 Å². The van der Waals surface area contributed by atoms with E-state index in [2.05, 4.69) is 52.4 Å². The van der Waals surface area contributed by atoms with Crippen molar-refractivity contribution in [2.24, 2.45) is 0 Å². The molecule has 3 heteroatoms. The van der Waals surface area contributed by atoms with Crippen LogP contribution >= 0.6 is 0 Å². The lowest BCUT2D eigenvalue weighted by atomic mass is 10.1. The lowest BCUT2D eigenvalue weighted by molar-refractivity contribution is 1.07. The average Bonchev–Trinajstić information content (AvgIpc) is 3.07. The highest BCUT2D eigenvalue weighted by atomic mass is 15.0. The molecule has 0 fully saturated rings. The number of rotatable bonds is 2. The van der Waals surface area contributed by atoms with Crippen LogP contribution in [0.5, 0.6) is 0 Å². The second-order valence-electron chi connectivity index (χ2n) is 5.72. The Balaban J connectivity index is 1.95. The number of hydrogen-bond acceptors (Lipinski definition) is 2. The normalized spacial score (nSPS) is 10.4. The van der Waals surface area contributed by atoms with Crippen LogP contribution in [0.4, 0.5) is 0 Å². The molecule has 0 aliphatic heterocycles. The van der Waals surface area contributed by atoms with Gasteiger partial charge in [-0.05, 0) is 36.6 Å². The summed E-state index contributed by atoms with van der Waals surface area (Å²) in [6.45, 7) is 2.14. The van der Waals surface area contributed by atoms with Crippen molar-refractivity contribution >= 4 is 5.65 Å². The summed E-state index contributed by atoms with van der Waals surface area (Å²) in [6.07, 6.45) is 4.39. The molecule has 0 radical (unpaired) electrons. The zero-order valence-electron chi connectivity index (χ0n) is 14.0. The van der Waals surface area contributed by atoms with Crippen LogP contribution in [0.2, 0.25) is 0 Å². The van der Waals surface area contributed by atoms with Gasteiger partial charge in [-0.15, -0.1) is 0 Å². The molecule has 0 N–H and O–H groups in total. The number of fused-ring (bicyclic) bond motifs is 1. The number of aryl methyl sites for hydroxylation is 1. The summed E-state index contributed by atoms with van der Waals surface area (Å²) in [7, 11) is 0. The summed E-state index contributed by atoms with van der Waals surface area (Å²) < 4.78 is 2.16. The van der Waals surface area contributed by atoms with Gasteiger partial charge in [-0.2, -0.15) is 0 Å². The average molecular weight is 323 g/mol. The van der Waals surface area contributed by atoms with E-state index < -0.39 is 0 Å². The van der Waals surface area contributed by atoms with Crippen molar-refractivity contribution in [3.8, 4) is 23.1 Å². The molecule has 3 nitrogen and oxygen atoms in total. The fourth-order valence-corrected chi connectivity index (χ4v) is 2.95. The van der Waals surface area contributed by atoms with Gasteiger partial charge in [-0.25, -0.2) is 4.98 Å². The van der Waals surface area contributed by atoms with Crippen molar-refractivity contribution in [2.75, 3.05) is 0 Å². The first-order valence-corrected chi connectivity index (χ1v) is 8.34. The van der Waals surface area contributed by atoms with Gasteiger partial charge in [-0.3, -0.25) is 9.38 Å². The lowest BCUT2D eigenvalue weighted by Gasteiger charge is -2.06. The van der Waals surface area contributed by atoms with E-state index in [1.807, 2.05) is 36.4 Å². The zero-order chi connectivity index (χ0) is 17.1. The summed E-state index contributed by atoms with van der Waals surface area (Å²) in [6, 6.07) is 20.3. The molecule has 4 rings (SSSR count). The van der Waals surface area contributed by atoms with Gasteiger partial charge in [-0.1, -0.05) is 49.2 Å². The van der Waals surface area contributed by atoms with Crippen molar-refractivity contribution in [3.63, 3.8) is 0 Å². The third kappa shape index (κ3) is 2.90. The van der Waals surface area contributed by atoms with Gasteiger partial charge in [0.2, 0.25) is 0 Å². The monoisotopic (exact) mass is 323 g/mol. The Morgan fingerprint density at radius 3 is 2.44 bits per heavy atom. The molecule has 0 atom stereocenters. The second kappa shape index (κ2) is 6.62. The molecule has 0 bridgehead atoms.